The topological polar surface area (TPSA) is 71.3 Å². The van der Waals surface area contributed by atoms with Crippen LogP contribution >= 0.6 is 11.6 Å². The predicted octanol–water partition coefficient (Wildman–Crippen LogP) is 4.86. The van der Waals surface area contributed by atoms with Gasteiger partial charge in [-0.15, -0.1) is 0 Å². The van der Waals surface area contributed by atoms with E-state index in [9.17, 15) is 4.79 Å². The highest BCUT2D eigenvalue weighted by atomic mass is 35.5. The Bertz CT molecular complexity index is 1030. The quantitative estimate of drug-likeness (QED) is 0.633. The Morgan fingerprint density at radius 1 is 1.23 bits per heavy atom. The van der Waals surface area contributed by atoms with Crippen molar-refractivity contribution in [3.8, 4) is 11.4 Å². The second-order valence-corrected chi connectivity index (χ2v) is 8.29. The molecule has 0 aliphatic carbocycles. The molecule has 30 heavy (non-hydrogen) atoms. The minimum absolute atomic E-state index is 0.0620. The van der Waals surface area contributed by atoms with E-state index < -0.39 is 0 Å². The molecule has 1 N–H and O–H groups in total. The minimum Gasteiger partial charge on any atom is -0.338 e. The molecule has 0 radical (unpaired) electrons. The van der Waals surface area contributed by atoms with Gasteiger partial charge in [0.15, 0.2) is 0 Å². The summed E-state index contributed by atoms with van der Waals surface area (Å²) < 4.78 is 5.44. The molecule has 6 nitrogen and oxygen atoms in total. The molecule has 1 amide bonds. The van der Waals surface area contributed by atoms with Gasteiger partial charge in [-0.05, 0) is 56.5 Å². The van der Waals surface area contributed by atoms with Gasteiger partial charge >= 0.3 is 0 Å². The third-order valence-corrected chi connectivity index (χ3v) is 5.75. The van der Waals surface area contributed by atoms with Crippen LogP contribution in [0.25, 0.3) is 11.4 Å². The highest BCUT2D eigenvalue weighted by Gasteiger charge is 2.27. The molecule has 1 aromatic heterocycles. The average molecular weight is 425 g/mol. The monoisotopic (exact) mass is 424 g/mol. The van der Waals surface area contributed by atoms with Gasteiger partial charge < -0.3 is 9.84 Å². The summed E-state index contributed by atoms with van der Waals surface area (Å²) in [5, 5.41) is 7.84. The Hall–Kier alpha value is -2.70. The summed E-state index contributed by atoms with van der Waals surface area (Å²) in [6.45, 7) is 6.14. The van der Waals surface area contributed by atoms with Crippen molar-refractivity contribution < 1.29 is 9.32 Å². The summed E-state index contributed by atoms with van der Waals surface area (Å²) >= 11 is 6.05. The third kappa shape index (κ3) is 4.71. The number of halogens is 1. The van der Waals surface area contributed by atoms with Crippen molar-refractivity contribution in [3.63, 3.8) is 0 Å². The number of anilines is 1. The first-order valence-corrected chi connectivity index (χ1v) is 10.6. The number of benzene rings is 2. The maximum Gasteiger partial charge on any atom is 0.241 e. The van der Waals surface area contributed by atoms with E-state index in [1.165, 1.54) is 0 Å². The number of hydrogen-bond donors (Lipinski definition) is 1. The molecule has 1 aliphatic heterocycles. The van der Waals surface area contributed by atoms with Crippen LogP contribution < -0.4 is 5.32 Å². The van der Waals surface area contributed by atoms with E-state index in [1.807, 2.05) is 56.3 Å². The Labute approximate surface area is 181 Å². The van der Waals surface area contributed by atoms with Crippen molar-refractivity contribution in [2.45, 2.75) is 33.2 Å². The fourth-order valence-corrected chi connectivity index (χ4v) is 4.10. The number of nitrogens with zero attached hydrogens (tertiary/aromatic N) is 3. The fraction of sp³-hybridized carbons (Fsp3) is 0.348. The van der Waals surface area contributed by atoms with Crippen LogP contribution in [0.3, 0.4) is 0 Å². The zero-order chi connectivity index (χ0) is 21.1. The van der Waals surface area contributed by atoms with Gasteiger partial charge in [-0.1, -0.05) is 47.1 Å². The van der Waals surface area contributed by atoms with Crippen LogP contribution in [0.1, 0.15) is 29.9 Å². The van der Waals surface area contributed by atoms with Gasteiger partial charge in [-0.3, -0.25) is 9.69 Å². The predicted molar refractivity (Wildman–Crippen MR) is 117 cm³/mol. The van der Waals surface area contributed by atoms with E-state index in [1.54, 1.807) is 0 Å². The number of carbonyl (C=O) groups excluding carboxylic acids is 1. The molecule has 7 heteroatoms. The zero-order valence-electron chi connectivity index (χ0n) is 17.2. The molecular weight excluding hydrogens is 400 g/mol. The zero-order valence-corrected chi connectivity index (χ0v) is 17.9. The Morgan fingerprint density at radius 3 is 2.77 bits per heavy atom. The van der Waals surface area contributed by atoms with Crippen molar-refractivity contribution >= 4 is 23.2 Å². The summed E-state index contributed by atoms with van der Waals surface area (Å²) in [5.74, 6) is 1.07. The lowest BCUT2D eigenvalue weighted by atomic mass is 9.96. The SMILES string of the molecule is Cc1cccc(C)c1NC(=O)C1CCCN(Cc2nc(-c3cccc(Cl)c3)no2)C1. The first-order valence-electron chi connectivity index (χ1n) is 10.2. The molecule has 1 atom stereocenters. The normalized spacial score (nSPS) is 17.1. The largest absolute Gasteiger partial charge is 0.338 e. The van der Waals surface area contributed by atoms with Crippen LogP contribution in [0.5, 0.6) is 0 Å². The number of rotatable bonds is 5. The van der Waals surface area contributed by atoms with Crippen molar-refractivity contribution in [2.75, 3.05) is 18.4 Å². The molecular formula is C23H25ClN4O2. The van der Waals surface area contributed by atoms with E-state index in [0.29, 0.717) is 29.8 Å². The maximum absolute atomic E-state index is 12.9. The Balaban J connectivity index is 1.39. The molecule has 1 unspecified atom stereocenters. The van der Waals surface area contributed by atoms with Gasteiger partial charge in [0.2, 0.25) is 17.6 Å². The number of piperidine rings is 1. The maximum atomic E-state index is 12.9. The number of amides is 1. The van der Waals surface area contributed by atoms with Crippen LogP contribution in [-0.2, 0) is 11.3 Å². The van der Waals surface area contributed by atoms with Crippen LogP contribution in [0, 0.1) is 19.8 Å². The number of aromatic nitrogens is 2. The number of aryl methyl sites for hydroxylation is 2. The first kappa shape index (κ1) is 20.6. The summed E-state index contributed by atoms with van der Waals surface area (Å²) in [6, 6.07) is 13.4. The molecule has 1 saturated heterocycles. The number of nitrogens with one attached hydrogen (secondary N) is 1. The molecule has 3 aromatic rings. The molecule has 2 heterocycles. The molecule has 2 aromatic carbocycles. The molecule has 156 valence electrons. The standard InChI is InChI=1S/C23H25ClN4O2/c1-15-6-3-7-16(2)21(15)26-23(29)18-9-5-11-28(13-18)14-20-25-22(27-30-20)17-8-4-10-19(24)12-17/h3-4,6-8,10,12,18H,5,9,11,13-14H2,1-2H3,(H,26,29). The van der Waals surface area contributed by atoms with Crippen LogP contribution in [0.15, 0.2) is 47.0 Å². The molecule has 0 saturated carbocycles. The van der Waals surface area contributed by atoms with Crippen molar-refractivity contribution in [2.24, 2.45) is 5.92 Å². The molecule has 4 rings (SSSR count). The Morgan fingerprint density at radius 2 is 2.00 bits per heavy atom. The summed E-state index contributed by atoms with van der Waals surface area (Å²) in [7, 11) is 0. The number of carbonyl (C=O) groups is 1. The second kappa shape index (κ2) is 8.98. The van der Waals surface area contributed by atoms with E-state index in [0.717, 1.165) is 41.8 Å². The molecule has 0 spiro atoms. The van der Waals surface area contributed by atoms with E-state index in [2.05, 4.69) is 20.4 Å². The highest BCUT2D eigenvalue weighted by Crippen LogP contribution is 2.25. The van der Waals surface area contributed by atoms with Crippen LogP contribution in [-0.4, -0.2) is 34.0 Å². The van der Waals surface area contributed by atoms with Gasteiger partial charge in [0.1, 0.15) is 0 Å². The van der Waals surface area contributed by atoms with Gasteiger partial charge in [-0.25, -0.2) is 0 Å². The Kier molecular flexibility index (Phi) is 6.16. The lowest BCUT2D eigenvalue weighted by Crippen LogP contribution is -2.40. The highest BCUT2D eigenvalue weighted by molar-refractivity contribution is 6.30. The van der Waals surface area contributed by atoms with Gasteiger partial charge in [0.05, 0.1) is 12.5 Å². The molecule has 1 aliphatic rings. The van der Waals surface area contributed by atoms with Gasteiger partial charge in [0, 0.05) is 22.8 Å². The smallest absolute Gasteiger partial charge is 0.241 e. The summed E-state index contributed by atoms with van der Waals surface area (Å²) in [6.07, 6.45) is 1.84. The molecule has 0 bridgehead atoms. The van der Waals surface area contributed by atoms with Gasteiger partial charge in [0.25, 0.3) is 0 Å². The first-order chi connectivity index (χ1) is 14.5. The van der Waals surface area contributed by atoms with E-state index in [4.69, 9.17) is 16.1 Å². The summed E-state index contributed by atoms with van der Waals surface area (Å²) in [4.78, 5) is 19.6. The number of hydrogen-bond acceptors (Lipinski definition) is 5. The minimum atomic E-state index is -0.0620. The number of likely N-dealkylation sites (tertiary alicyclic amines) is 1. The average Bonchev–Trinajstić information content (AvgIpc) is 3.19. The van der Waals surface area contributed by atoms with Gasteiger partial charge in [-0.2, -0.15) is 4.98 Å². The third-order valence-electron chi connectivity index (χ3n) is 5.52. The second-order valence-electron chi connectivity index (χ2n) is 7.85. The van der Waals surface area contributed by atoms with Crippen molar-refractivity contribution in [3.05, 3.63) is 64.5 Å². The number of para-hydroxylation sites is 1. The fourth-order valence-electron chi connectivity index (χ4n) is 3.91. The van der Waals surface area contributed by atoms with E-state index >= 15 is 0 Å². The van der Waals surface area contributed by atoms with E-state index in [-0.39, 0.29) is 11.8 Å². The van der Waals surface area contributed by atoms with Crippen molar-refractivity contribution in [1.29, 1.82) is 0 Å². The molecule has 1 fully saturated rings. The van der Waals surface area contributed by atoms with Crippen LogP contribution in [0.4, 0.5) is 5.69 Å². The lowest BCUT2D eigenvalue weighted by Gasteiger charge is -2.31. The van der Waals surface area contributed by atoms with Crippen LogP contribution in [0.2, 0.25) is 5.02 Å². The summed E-state index contributed by atoms with van der Waals surface area (Å²) in [5.41, 5.74) is 3.90. The van der Waals surface area contributed by atoms with Crippen molar-refractivity contribution in [1.82, 2.24) is 15.0 Å². The lowest BCUT2D eigenvalue weighted by molar-refractivity contribution is -0.121.